The van der Waals surface area contributed by atoms with Gasteiger partial charge in [-0.3, -0.25) is 0 Å². The van der Waals surface area contributed by atoms with Crippen molar-refractivity contribution >= 4 is 5.69 Å². The molecule has 0 aliphatic carbocycles. The number of para-hydroxylation sites is 2. The summed E-state index contributed by atoms with van der Waals surface area (Å²) >= 11 is 0. The molecule has 0 heterocycles. The first-order valence-electron chi connectivity index (χ1n) is 4.30. The summed E-state index contributed by atoms with van der Waals surface area (Å²) in [6.45, 7) is 5.75. The molecular weight excluding hydrogens is 162 g/mol. The number of rotatable bonds is 4. The summed E-state index contributed by atoms with van der Waals surface area (Å²) in [5.74, 6) is 0.858. The van der Waals surface area contributed by atoms with E-state index in [0.29, 0.717) is 0 Å². The number of benzene rings is 1. The summed E-state index contributed by atoms with van der Waals surface area (Å²) in [4.78, 5) is 0. The van der Waals surface area contributed by atoms with Crippen molar-refractivity contribution in [2.45, 2.75) is 13.0 Å². The molecule has 0 aromatic heterocycles. The summed E-state index contributed by atoms with van der Waals surface area (Å²) in [5, 5.41) is 3.27. The molecule has 0 saturated heterocycles. The van der Waals surface area contributed by atoms with Crippen molar-refractivity contribution in [1.29, 1.82) is 0 Å². The van der Waals surface area contributed by atoms with Crippen molar-refractivity contribution in [2.24, 2.45) is 0 Å². The Hall–Kier alpha value is -1.44. The highest BCUT2D eigenvalue weighted by molar-refractivity contribution is 5.56. The average molecular weight is 177 g/mol. The molecule has 0 bridgehead atoms. The summed E-state index contributed by atoms with van der Waals surface area (Å²) in [7, 11) is 1.67. The van der Waals surface area contributed by atoms with Crippen LogP contribution in [0.5, 0.6) is 5.75 Å². The van der Waals surface area contributed by atoms with E-state index < -0.39 is 0 Å². The molecule has 1 N–H and O–H groups in total. The quantitative estimate of drug-likeness (QED) is 0.714. The van der Waals surface area contributed by atoms with E-state index in [-0.39, 0.29) is 6.04 Å². The molecule has 0 radical (unpaired) electrons. The Balaban J connectivity index is 2.80. The fourth-order valence-electron chi connectivity index (χ4n) is 1.07. The van der Waals surface area contributed by atoms with Gasteiger partial charge in [-0.15, -0.1) is 6.58 Å². The average Bonchev–Trinajstić information content (AvgIpc) is 2.18. The molecular formula is C11H15NO. The molecule has 1 rings (SSSR count). The Kier molecular flexibility index (Phi) is 3.38. The minimum Gasteiger partial charge on any atom is -0.495 e. The van der Waals surface area contributed by atoms with Crippen LogP contribution in [-0.4, -0.2) is 13.2 Å². The third-order valence-corrected chi connectivity index (χ3v) is 1.84. The van der Waals surface area contributed by atoms with Crippen molar-refractivity contribution in [3.8, 4) is 5.75 Å². The maximum Gasteiger partial charge on any atom is 0.141 e. The fraction of sp³-hybridized carbons (Fsp3) is 0.273. The molecule has 0 amide bonds. The lowest BCUT2D eigenvalue weighted by molar-refractivity contribution is 0.416. The van der Waals surface area contributed by atoms with Gasteiger partial charge in [0, 0.05) is 6.04 Å². The van der Waals surface area contributed by atoms with Crippen LogP contribution in [0.1, 0.15) is 6.92 Å². The summed E-state index contributed by atoms with van der Waals surface area (Å²) in [5.41, 5.74) is 0.998. The number of hydrogen-bond acceptors (Lipinski definition) is 2. The van der Waals surface area contributed by atoms with Gasteiger partial charge in [-0.05, 0) is 19.1 Å². The first-order valence-corrected chi connectivity index (χ1v) is 4.30. The lowest BCUT2D eigenvalue weighted by atomic mass is 10.2. The van der Waals surface area contributed by atoms with Crippen molar-refractivity contribution in [3.63, 3.8) is 0 Å². The van der Waals surface area contributed by atoms with Crippen LogP contribution >= 0.6 is 0 Å². The third kappa shape index (κ3) is 2.51. The van der Waals surface area contributed by atoms with Crippen LogP contribution in [0.15, 0.2) is 36.9 Å². The van der Waals surface area contributed by atoms with Gasteiger partial charge in [-0.2, -0.15) is 0 Å². The Morgan fingerprint density at radius 2 is 2.15 bits per heavy atom. The standard InChI is InChI=1S/C11H15NO/c1-4-9(2)12-10-7-5-6-8-11(10)13-3/h4-9,12H,1H2,2-3H3. The van der Waals surface area contributed by atoms with Gasteiger partial charge in [0.25, 0.3) is 0 Å². The molecule has 2 heteroatoms. The van der Waals surface area contributed by atoms with E-state index >= 15 is 0 Å². The van der Waals surface area contributed by atoms with Gasteiger partial charge < -0.3 is 10.1 Å². The highest BCUT2D eigenvalue weighted by atomic mass is 16.5. The number of methoxy groups -OCH3 is 1. The van der Waals surface area contributed by atoms with E-state index in [9.17, 15) is 0 Å². The summed E-state index contributed by atoms with van der Waals surface area (Å²) in [6.07, 6.45) is 1.85. The molecule has 1 aromatic carbocycles. The molecule has 0 aliphatic rings. The van der Waals surface area contributed by atoms with E-state index in [1.54, 1.807) is 7.11 Å². The van der Waals surface area contributed by atoms with Gasteiger partial charge in [0.05, 0.1) is 12.8 Å². The summed E-state index contributed by atoms with van der Waals surface area (Å²) in [6, 6.07) is 8.08. The number of ether oxygens (including phenoxy) is 1. The van der Waals surface area contributed by atoms with Gasteiger partial charge in [-0.1, -0.05) is 18.2 Å². The zero-order valence-corrected chi connectivity index (χ0v) is 8.08. The molecule has 0 spiro atoms. The first kappa shape index (κ1) is 9.65. The maximum atomic E-state index is 5.19. The zero-order chi connectivity index (χ0) is 9.68. The van der Waals surface area contributed by atoms with Gasteiger partial charge >= 0.3 is 0 Å². The molecule has 0 saturated carbocycles. The Bertz CT molecular complexity index is 283. The summed E-state index contributed by atoms with van der Waals surface area (Å²) < 4.78 is 5.19. The smallest absolute Gasteiger partial charge is 0.141 e. The van der Waals surface area contributed by atoms with Gasteiger partial charge in [-0.25, -0.2) is 0 Å². The number of nitrogens with one attached hydrogen (secondary N) is 1. The van der Waals surface area contributed by atoms with E-state index in [4.69, 9.17) is 4.74 Å². The highest BCUT2D eigenvalue weighted by Crippen LogP contribution is 2.23. The van der Waals surface area contributed by atoms with Crippen LogP contribution < -0.4 is 10.1 Å². The number of anilines is 1. The minimum absolute atomic E-state index is 0.247. The van der Waals surface area contributed by atoms with Gasteiger partial charge in [0.15, 0.2) is 0 Å². The predicted molar refractivity (Wildman–Crippen MR) is 56.3 cm³/mol. The van der Waals surface area contributed by atoms with Crippen molar-refractivity contribution in [2.75, 3.05) is 12.4 Å². The van der Waals surface area contributed by atoms with Crippen molar-refractivity contribution in [3.05, 3.63) is 36.9 Å². The Morgan fingerprint density at radius 3 is 2.77 bits per heavy atom. The number of hydrogen-bond donors (Lipinski definition) is 1. The first-order chi connectivity index (χ1) is 6.27. The molecule has 1 unspecified atom stereocenters. The van der Waals surface area contributed by atoms with E-state index in [1.165, 1.54) is 0 Å². The lowest BCUT2D eigenvalue weighted by Crippen LogP contribution is -2.11. The SMILES string of the molecule is C=CC(C)Nc1ccccc1OC. The topological polar surface area (TPSA) is 21.3 Å². The van der Waals surface area contributed by atoms with Crippen LogP contribution in [0.4, 0.5) is 5.69 Å². The predicted octanol–water partition coefficient (Wildman–Crippen LogP) is 2.68. The minimum atomic E-state index is 0.247. The van der Waals surface area contributed by atoms with Crippen molar-refractivity contribution < 1.29 is 4.74 Å². The molecule has 13 heavy (non-hydrogen) atoms. The molecule has 1 atom stereocenters. The molecule has 1 aromatic rings. The molecule has 0 aliphatic heterocycles. The second-order valence-electron chi connectivity index (χ2n) is 2.87. The van der Waals surface area contributed by atoms with E-state index in [2.05, 4.69) is 11.9 Å². The molecule has 70 valence electrons. The van der Waals surface area contributed by atoms with Crippen LogP contribution in [0.3, 0.4) is 0 Å². The maximum absolute atomic E-state index is 5.19. The van der Waals surface area contributed by atoms with Crippen LogP contribution in [-0.2, 0) is 0 Å². The van der Waals surface area contributed by atoms with Crippen molar-refractivity contribution in [1.82, 2.24) is 0 Å². The Labute approximate surface area is 79.2 Å². The highest BCUT2D eigenvalue weighted by Gasteiger charge is 2.02. The van der Waals surface area contributed by atoms with Crippen LogP contribution in [0.25, 0.3) is 0 Å². The molecule has 0 fully saturated rings. The molecule has 2 nitrogen and oxygen atoms in total. The van der Waals surface area contributed by atoms with Crippen LogP contribution in [0.2, 0.25) is 0 Å². The largest absolute Gasteiger partial charge is 0.495 e. The fourth-order valence-corrected chi connectivity index (χ4v) is 1.07. The zero-order valence-electron chi connectivity index (χ0n) is 8.08. The second kappa shape index (κ2) is 4.55. The van der Waals surface area contributed by atoms with E-state index in [1.807, 2.05) is 37.3 Å². The van der Waals surface area contributed by atoms with Gasteiger partial charge in [0.2, 0.25) is 0 Å². The lowest BCUT2D eigenvalue weighted by Gasteiger charge is -2.13. The third-order valence-electron chi connectivity index (χ3n) is 1.84. The normalized spacial score (nSPS) is 11.8. The monoisotopic (exact) mass is 177 g/mol. The second-order valence-corrected chi connectivity index (χ2v) is 2.87. The Morgan fingerprint density at radius 1 is 1.46 bits per heavy atom. The van der Waals surface area contributed by atoms with Gasteiger partial charge in [0.1, 0.15) is 5.75 Å². The van der Waals surface area contributed by atoms with Crippen LogP contribution in [0, 0.1) is 0 Å². The van der Waals surface area contributed by atoms with E-state index in [0.717, 1.165) is 11.4 Å².